The fourth-order valence-electron chi connectivity index (χ4n) is 2.54. The van der Waals surface area contributed by atoms with Crippen molar-refractivity contribution in [3.63, 3.8) is 0 Å². The number of H-pyrrole nitrogens is 1. The number of sulfonamides is 1. The largest absolute Gasteiger partial charge is 0.367 e. The highest BCUT2D eigenvalue weighted by molar-refractivity contribution is 7.89. The third-order valence-corrected chi connectivity index (χ3v) is 5.27. The lowest BCUT2D eigenvalue weighted by Gasteiger charge is -2.11. The van der Waals surface area contributed by atoms with Gasteiger partial charge in [-0.3, -0.25) is 4.79 Å². The minimum Gasteiger partial charge on any atom is -0.367 e. The van der Waals surface area contributed by atoms with E-state index in [1.54, 1.807) is 30.3 Å². The smallest absolute Gasteiger partial charge is 0.240 e. The zero-order valence-electron chi connectivity index (χ0n) is 12.2. The van der Waals surface area contributed by atoms with Crippen molar-refractivity contribution < 1.29 is 13.2 Å². The van der Waals surface area contributed by atoms with Crippen LogP contribution >= 0.6 is 0 Å². The summed E-state index contributed by atoms with van der Waals surface area (Å²) in [6.45, 7) is 0.329. The summed E-state index contributed by atoms with van der Waals surface area (Å²) >= 11 is 0. The zero-order chi connectivity index (χ0) is 15.7. The van der Waals surface area contributed by atoms with Crippen LogP contribution in [-0.4, -0.2) is 32.9 Å². The van der Waals surface area contributed by atoms with Crippen molar-refractivity contribution in [2.45, 2.75) is 17.7 Å². The number of nitrogens with zero attached hydrogens (tertiary/aromatic N) is 1. The number of likely N-dealkylation sites (N-methyl/N-ethyl adjacent to an activating group) is 1. The number of aromatic amines is 1. The molecule has 1 amide bonds. The topological polar surface area (TPSA) is 82.3 Å². The molecule has 0 fully saturated rings. The van der Waals surface area contributed by atoms with Crippen molar-refractivity contribution in [3.8, 4) is 0 Å². The number of hydrogen-bond donors (Lipinski definition) is 2. The van der Waals surface area contributed by atoms with Gasteiger partial charge in [0, 0.05) is 31.7 Å². The second-order valence-corrected chi connectivity index (χ2v) is 7.05. The van der Waals surface area contributed by atoms with Crippen LogP contribution in [0.25, 0.3) is 0 Å². The number of nitrogens with one attached hydrogen (secondary N) is 2. The van der Waals surface area contributed by atoms with Gasteiger partial charge < -0.3 is 9.88 Å². The monoisotopic (exact) mass is 319 g/mol. The fraction of sp³-hybridized carbons (Fsp3) is 0.267. The van der Waals surface area contributed by atoms with E-state index in [0.29, 0.717) is 13.0 Å². The van der Waals surface area contributed by atoms with Gasteiger partial charge in [-0.05, 0) is 41.8 Å². The molecule has 0 saturated heterocycles. The average molecular weight is 319 g/mol. The molecule has 3 rings (SSSR count). The van der Waals surface area contributed by atoms with E-state index in [2.05, 4.69) is 9.71 Å². The van der Waals surface area contributed by atoms with Gasteiger partial charge in [0.15, 0.2) is 0 Å². The maximum absolute atomic E-state index is 12.3. The lowest BCUT2D eigenvalue weighted by atomic mass is 10.2. The van der Waals surface area contributed by atoms with Crippen LogP contribution in [0.3, 0.4) is 0 Å². The minimum absolute atomic E-state index is 0.0232. The first-order valence-electron chi connectivity index (χ1n) is 6.98. The number of fused-ring (bicyclic) bond motifs is 1. The first-order valence-corrected chi connectivity index (χ1v) is 8.46. The van der Waals surface area contributed by atoms with Gasteiger partial charge in [0.25, 0.3) is 0 Å². The van der Waals surface area contributed by atoms with E-state index in [1.807, 2.05) is 12.3 Å². The summed E-state index contributed by atoms with van der Waals surface area (Å²) in [4.78, 5) is 16.3. The van der Waals surface area contributed by atoms with E-state index in [9.17, 15) is 13.2 Å². The van der Waals surface area contributed by atoms with Gasteiger partial charge in [-0.15, -0.1) is 0 Å². The predicted molar refractivity (Wildman–Crippen MR) is 83.2 cm³/mol. The Labute approximate surface area is 129 Å². The number of carbonyl (C=O) groups is 1. The molecule has 1 aromatic heterocycles. The molecule has 0 saturated carbocycles. The van der Waals surface area contributed by atoms with Crippen LogP contribution in [0, 0.1) is 0 Å². The summed E-state index contributed by atoms with van der Waals surface area (Å²) in [6.07, 6.45) is 4.51. The molecule has 0 bridgehead atoms. The summed E-state index contributed by atoms with van der Waals surface area (Å²) in [5.41, 5.74) is 2.57. The maximum atomic E-state index is 12.3. The highest BCUT2D eigenvalue weighted by atomic mass is 32.2. The Morgan fingerprint density at radius 2 is 2.14 bits per heavy atom. The Kier molecular flexibility index (Phi) is 3.76. The standard InChI is InChI=1S/C15H17N3O3S/c1-18-14-3-2-13(8-12(14)9-15(18)19)22(20,21)17-7-5-11-4-6-16-10-11/h2-4,6,8,10,16-17H,5,7,9H2,1H3. The Hall–Kier alpha value is -2.12. The molecule has 2 aromatic rings. The molecule has 0 spiro atoms. The van der Waals surface area contributed by atoms with E-state index in [4.69, 9.17) is 0 Å². The van der Waals surface area contributed by atoms with E-state index < -0.39 is 10.0 Å². The number of amides is 1. The van der Waals surface area contributed by atoms with Crippen LogP contribution in [0.1, 0.15) is 11.1 Å². The second-order valence-electron chi connectivity index (χ2n) is 5.29. The van der Waals surface area contributed by atoms with Gasteiger partial charge in [0.2, 0.25) is 15.9 Å². The summed E-state index contributed by atoms with van der Waals surface area (Å²) in [6, 6.07) is 6.70. The molecule has 22 heavy (non-hydrogen) atoms. The molecule has 2 N–H and O–H groups in total. The van der Waals surface area contributed by atoms with Crippen molar-refractivity contribution in [1.29, 1.82) is 0 Å². The molecule has 0 unspecified atom stereocenters. The molecule has 116 valence electrons. The first kappa shape index (κ1) is 14.8. The summed E-state index contributed by atoms with van der Waals surface area (Å²) < 4.78 is 27.2. The van der Waals surface area contributed by atoms with Crippen molar-refractivity contribution in [2.75, 3.05) is 18.5 Å². The van der Waals surface area contributed by atoms with Gasteiger partial charge >= 0.3 is 0 Å². The SMILES string of the molecule is CN1C(=O)Cc2cc(S(=O)(=O)NCCc3cc[nH]c3)ccc21. The summed E-state index contributed by atoms with van der Waals surface area (Å²) in [5, 5.41) is 0. The molecular weight excluding hydrogens is 302 g/mol. The van der Waals surface area contributed by atoms with Crippen molar-refractivity contribution in [2.24, 2.45) is 0 Å². The number of rotatable bonds is 5. The molecule has 2 heterocycles. The van der Waals surface area contributed by atoms with E-state index in [0.717, 1.165) is 16.8 Å². The molecule has 6 nitrogen and oxygen atoms in total. The molecule has 1 aliphatic rings. The molecular formula is C15H17N3O3S. The lowest BCUT2D eigenvalue weighted by Crippen LogP contribution is -2.26. The average Bonchev–Trinajstić information content (AvgIpc) is 3.08. The molecule has 0 atom stereocenters. The Morgan fingerprint density at radius 3 is 2.86 bits per heavy atom. The van der Waals surface area contributed by atoms with Crippen LogP contribution in [0.5, 0.6) is 0 Å². The summed E-state index contributed by atoms with van der Waals surface area (Å²) in [5.74, 6) is -0.0232. The van der Waals surface area contributed by atoms with Crippen molar-refractivity contribution in [3.05, 3.63) is 47.8 Å². The highest BCUT2D eigenvalue weighted by Crippen LogP contribution is 2.29. The van der Waals surface area contributed by atoms with E-state index in [-0.39, 0.29) is 17.2 Å². The molecule has 0 radical (unpaired) electrons. The van der Waals surface area contributed by atoms with Crippen LogP contribution in [0.4, 0.5) is 5.69 Å². The lowest BCUT2D eigenvalue weighted by molar-refractivity contribution is -0.117. The normalized spacial score (nSPS) is 14.4. The maximum Gasteiger partial charge on any atom is 0.240 e. The van der Waals surface area contributed by atoms with Crippen LogP contribution in [0.15, 0.2) is 41.6 Å². The molecule has 7 heteroatoms. The fourth-order valence-corrected chi connectivity index (χ4v) is 3.62. The quantitative estimate of drug-likeness (QED) is 0.864. The molecule has 1 aromatic carbocycles. The molecule has 1 aliphatic heterocycles. The predicted octanol–water partition coefficient (Wildman–Crippen LogP) is 1.05. The number of carbonyl (C=O) groups excluding carboxylic acids is 1. The van der Waals surface area contributed by atoms with Gasteiger partial charge in [0.05, 0.1) is 11.3 Å². The second kappa shape index (κ2) is 5.58. The third kappa shape index (κ3) is 2.77. The Morgan fingerprint density at radius 1 is 1.32 bits per heavy atom. The minimum atomic E-state index is -3.56. The van der Waals surface area contributed by atoms with E-state index >= 15 is 0 Å². The van der Waals surface area contributed by atoms with Crippen molar-refractivity contribution in [1.82, 2.24) is 9.71 Å². The van der Waals surface area contributed by atoms with Gasteiger partial charge in [-0.2, -0.15) is 0 Å². The zero-order valence-corrected chi connectivity index (χ0v) is 13.0. The van der Waals surface area contributed by atoms with Gasteiger partial charge in [0.1, 0.15) is 0 Å². The molecule has 0 aliphatic carbocycles. The van der Waals surface area contributed by atoms with Crippen LogP contribution in [-0.2, 0) is 27.7 Å². The van der Waals surface area contributed by atoms with Gasteiger partial charge in [-0.1, -0.05) is 0 Å². The van der Waals surface area contributed by atoms with Crippen LogP contribution < -0.4 is 9.62 Å². The number of anilines is 1. The first-order chi connectivity index (χ1) is 10.5. The van der Waals surface area contributed by atoms with E-state index in [1.165, 1.54) is 6.07 Å². The Balaban J connectivity index is 1.73. The van der Waals surface area contributed by atoms with Crippen molar-refractivity contribution >= 4 is 21.6 Å². The Bertz CT molecular complexity index is 797. The number of hydrogen-bond acceptors (Lipinski definition) is 3. The van der Waals surface area contributed by atoms with Gasteiger partial charge in [-0.25, -0.2) is 13.1 Å². The number of benzene rings is 1. The summed E-state index contributed by atoms with van der Waals surface area (Å²) in [7, 11) is -1.87. The third-order valence-electron chi connectivity index (χ3n) is 3.81. The number of aromatic nitrogens is 1. The van der Waals surface area contributed by atoms with Crippen LogP contribution in [0.2, 0.25) is 0 Å². The highest BCUT2D eigenvalue weighted by Gasteiger charge is 2.26.